The second-order valence-corrected chi connectivity index (χ2v) is 22.2. The number of hydrogen-bond donors (Lipinski definition) is 6. The summed E-state index contributed by atoms with van der Waals surface area (Å²) in [4.78, 5) is 0. The Morgan fingerprint density at radius 3 is 0.380 bits per heavy atom. The number of unbranched alkanes of at least 4 members (excludes halogenated alkanes) is 24. The molecular weight excluding hydrogens is 1430 g/mol. The third-order valence-electron chi connectivity index (χ3n) is 9.30. The molecule has 0 aromatic rings. The van der Waals surface area contributed by atoms with Crippen molar-refractivity contribution in [2.45, 2.75) is 234 Å². The van der Waals surface area contributed by atoms with Gasteiger partial charge in [-0.3, -0.25) is 0 Å². The van der Waals surface area contributed by atoms with Gasteiger partial charge in [0.25, 0.3) is 0 Å². The molecule has 0 aromatic heterocycles. The molecule has 0 bridgehead atoms. The van der Waals surface area contributed by atoms with Crippen molar-refractivity contribution < 1.29 is 46.3 Å². The third-order valence-corrected chi connectivity index (χ3v) is 11.0. The molecule has 6 N–H and O–H groups in total. The summed E-state index contributed by atoms with van der Waals surface area (Å²) in [6.07, 6.45) is 38.8. The summed E-state index contributed by atoms with van der Waals surface area (Å²) < 4.78 is 50.0. The number of rotatable bonds is 36. The van der Waals surface area contributed by atoms with Crippen molar-refractivity contribution in [3.05, 3.63) is 0 Å². The first kappa shape index (κ1) is 112. The molecule has 0 radical (unpaired) electrons. The number of hydrogen-bond acceptors (Lipinski definition) is 24. The fourth-order valence-electron chi connectivity index (χ4n) is 5.51. The molecule has 0 aliphatic carbocycles. The fraction of sp³-hybridized carbons (Fsp3) is 0.875. The summed E-state index contributed by atoms with van der Waals surface area (Å²) in [6, 6.07) is 0. The minimum atomic E-state index is 0. The molecule has 0 aliphatic heterocycles. The van der Waals surface area contributed by atoms with Gasteiger partial charge in [0.1, 0.15) is 0 Å². The summed E-state index contributed by atoms with van der Waals surface area (Å²) in [7, 11) is 0. The van der Waals surface area contributed by atoms with E-state index < -0.39 is 0 Å². The molecule has 0 spiro atoms. The zero-order valence-electron chi connectivity index (χ0n) is 47.7. The van der Waals surface area contributed by atoms with Gasteiger partial charge in [0.15, 0.2) is 75.2 Å². The zero-order chi connectivity index (χ0) is 63.2. The quantitative estimate of drug-likeness (QED) is 0.0151. The smallest absolute Gasteiger partial charge is 0.197 e. The maximum Gasteiger partial charge on any atom is 0.197 e. The molecule has 0 amide bonds. The summed E-state index contributed by atoms with van der Waals surface area (Å²) in [5, 5.41) is 17.8. The van der Waals surface area contributed by atoms with Crippen molar-refractivity contribution in [2.75, 3.05) is 39.3 Å². The van der Waals surface area contributed by atoms with Crippen molar-refractivity contribution in [1.82, 2.24) is 31.9 Å². The Morgan fingerprint density at radius 2 is 0.304 bits per heavy atom. The van der Waals surface area contributed by atoms with Crippen molar-refractivity contribution >= 4 is 250 Å². The Morgan fingerprint density at radius 1 is 0.215 bits per heavy atom. The molecule has 0 saturated heterocycles. The van der Waals surface area contributed by atoms with Crippen LogP contribution in [0.3, 0.4) is 0 Å². The first-order chi connectivity index (χ1) is 37.6. The van der Waals surface area contributed by atoms with E-state index in [1.54, 1.807) is 0 Å². The van der Waals surface area contributed by atoms with Crippen molar-refractivity contribution in [3.63, 3.8) is 0 Å². The molecule has 31 heteroatoms. The molecule has 0 rings (SSSR count). The van der Waals surface area contributed by atoms with Gasteiger partial charge in [-0.1, -0.05) is 222 Å². The van der Waals surface area contributed by atoms with Gasteiger partial charge >= 0.3 is 0 Å². The average Bonchev–Trinajstić information content (AvgIpc) is 3.44. The van der Waals surface area contributed by atoms with Gasteiger partial charge in [-0.25, -0.2) is 0 Å². The molecule has 0 aromatic carbocycles. The van der Waals surface area contributed by atoms with E-state index in [1.807, 2.05) is 0 Å². The largest absolute Gasteiger partial charge is 0.412 e. The van der Waals surface area contributed by atoms with E-state index in [4.69, 9.17) is 174 Å². The number of nitrogens with one attached hydrogen (secondary N) is 6. The van der Waals surface area contributed by atoms with Crippen molar-refractivity contribution in [2.24, 2.45) is 0 Å². The Kier molecular flexibility index (Phi) is 183. The molecule has 0 unspecified atom stereocenters. The summed E-state index contributed by atoms with van der Waals surface area (Å²) in [6.45, 7) is 19.0. The molecule has 12 nitrogen and oxygen atoms in total. The molecule has 474 valence electrons. The van der Waals surface area contributed by atoms with Gasteiger partial charge < -0.3 is 181 Å². The third kappa shape index (κ3) is 195. The van der Waals surface area contributed by atoms with Crippen molar-refractivity contribution in [3.8, 4) is 0 Å². The molecule has 0 atom stereocenters. The predicted octanol–water partition coefficient (Wildman–Crippen LogP) is 12.2. The van der Waals surface area contributed by atoms with E-state index in [2.05, 4.69) is 149 Å². The maximum atomic E-state index is 7.83. The molecule has 0 fully saturated rings. The molecule has 0 saturated carbocycles. The van der Waals surface area contributed by atoms with Gasteiger partial charge in [-0.2, -0.15) is 25.3 Å². The van der Waals surface area contributed by atoms with Gasteiger partial charge in [0, 0.05) is 60.3 Å². The van der Waals surface area contributed by atoms with Crippen LogP contribution in [0.4, 0.5) is 0 Å². The van der Waals surface area contributed by atoms with Crippen LogP contribution >= 0.6 is 73.3 Å². The van der Waals surface area contributed by atoms with E-state index >= 15 is 0 Å². The summed E-state index contributed by atoms with van der Waals surface area (Å²) in [5.41, 5.74) is 0. The number of thiocarbonyl (C=S) groups is 6. The molecule has 0 aliphatic rings. The Balaban J connectivity index is -0.0000000576. The second kappa shape index (κ2) is 130. The van der Waals surface area contributed by atoms with Gasteiger partial charge in [-0.05, 0) is 38.5 Å². The summed E-state index contributed by atoms with van der Waals surface area (Å²) >= 11 is 73.4. The van der Waals surface area contributed by atoms with Crippen LogP contribution in [0, 0.1) is 0 Å². The van der Waals surface area contributed by atoms with Crippen LogP contribution in [0.5, 0.6) is 0 Å². The molecule has 79 heavy (non-hydrogen) atoms. The monoisotopic (exact) mass is 1530 g/mol. The van der Waals surface area contributed by atoms with Crippen molar-refractivity contribution in [1.29, 1.82) is 0 Å². The van der Waals surface area contributed by atoms with Crippen LogP contribution in [0.25, 0.3) is 0 Å². The second-order valence-electron chi connectivity index (χ2n) is 15.8. The van der Waals surface area contributed by atoms with Crippen LogP contribution in [0.1, 0.15) is 234 Å². The normalized spacial score (nSPS) is 8.28. The van der Waals surface area contributed by atoms with E-state index in [1.165, 1.54) is 193 Å². The summed E-state index contributed by atoms with van der Waals surface area (Å²) in [5.74, 6) is 0. The minimum absolute atomic E-state index is 0. The van der Waals surface area contributed by atoms with Crippen LogP contribution < -0.4 is 31.9 Å². The zero-order valence-corrected chi connectivity index (χ0v) is 64.4. The van der Waals surface area contributed by atoms with E-state index in [-0.39, 0.29) is 21.1 Å². The standard InChI is InChI=1S/6C8H17NS2.Mo.6OS/c6*1-2-3-4-5-6-7-9-8(10)11;;6*1-2/h6*2-7H2,1H3,(H2,9,10,11);;;;;;;/p-6. The van der Waals surface area contributed by atoms with E-state index in [9.17, 15) is 0 Å². The fourth-order valence-corrected chi connectivity index (χ4v) is 6.74. The first-order valence-corrected chi connectivity index (χ1v) is 33.2. The van der Waals surface area contributed by atoms with Crippen LogP contribution in [-0.2, 0) is 172 Å². The predicted molar refractivity (Wildman–Crippen MR) is 389 cm³/mol. The Labute approximate surface area is 594 Å². The molecule has 0 heterocycles. The van der Waals surface area contributed by atoms with E-state index in [0.29, 0.717) is 25.9 Å². The van der Waals surface area contributed by atoms with Crippen LogP contribution in [0.15, 0.2) is 0 Å². The maximum absolute atomic E-state index is 7.83. The minimum Gasteiger partial charge on any atom is -0.412 e. The van der Waals surface area contributed by atoms with Crippen LogP contribution in [-0.4, -0.2) is 90.4 Å². The molecular formula is C48H96MoN6O6S18-6. The van der Waals surface area contributed by atoms with E-state index in [0.717, 1.165) is 39.3 Å². The van der Waals surface area contributed by atoms with Gasteiger partial charge in [0.2, 0.25) is 0 Å². The SMILES string of the molecule is CCCCCCCNC(=S)[S-].CCCCCCCNC(=S)[S-].CCCCCCCNC(=S)[S-].CCCCCCCNC(=S)[S-].CCCCCCCNC(=S)[S-].CCCCCCCNC(=S)[S-].O=S.O=S.O=S.O=S.O=S.O=S.[Mo]. The Bertz CT molecular complexity index is 957. The average molecular weight is 1530 g/mol. The van der Waals surface area contributed by atoms with Gasteiger partial charge in [-0.15, -0.1) is 0 Å². The Hall–Kier alpha value is 1.47. The van der Waals surface area contributed by atoms with Gasteiger partial charge in [0.05, 0.1) is 0 Å². The van der Waals surface area contributed by atoms with Crippen LogP contribution in [0.2, 0.25) is 0 Å². The first-order valence-electron chi connectivity index (χ1n) is 26.3. The topological polar surface area (TPSA) is 175 Å².